The van der Waals surface area contributed by atoms with Gasteiger partial charge in [0.1, 0.15) is 5.75 Å². The van der Waals surface area contributed by atoms with Gasteiger partial charge in [-0.05, 0) is 66.1 Å². The zero-order valence-corrected chi connectivity index (χ0v) is 17.3. The summed E-state index contributed by atoms with van der Waals surface area (Å²) in [7, 11) is 3.41. The van der Waals surface area contributed by atoms with Gasteiger partial charge in [-0.1, -0.05) is 24.3 Å². The molecule has 4 rings (SSSR count). The Morgan fingerprint density at radius 2 is 1.73 bits per heavy atom. The summed E-state index contributed by atoms with van der Waals surface area (Å²) in [5, 5.41) is 2.97. The van der Waals surface area contributed by atoms with Gasteiger partial charge in [0.15, 0.2) is 0 Å². The molecule has 0 radical (unpaired) electrons. The van der Waals surface area contributed by atoms with Gasteiger partial charge in [-0.15, -0.1) is 0 Å². The molecule has 1 aliphatic rings. The highest BCUT2D eigenvalue weighted by Crippen LogP contribution is 2.25. The van der Waals surface area contributed by atoms with E-state index >= 15 is 0 Å². The van der Waals surface area contributed by atoms with Crippen molar-refractivity contribution in [1.29, 1.82) is 0 Å². The fourth-order valence-electron chi connectivity index (χ4n) is 3.73. The molecule has 1 N–H and O–H groups in total. The Hall–Kier alpha value is -3.31. The second kappa shape index (κ2) is 9.01. The predicted molar refractivity (Wildman–Crippen MR) is 120 cm³/mol. The van der Waals surface area contributed by atoms with Crippen LogP contribution in [-0.2, 0) is 4.74 Å². The van der Waals surface area contributed by atoms with E-state index < -0.39 is 0 Å². The molecule has 30 heavy (non-hydrogen) atoms. The molecule has 1 heterocycles. The maximum Gasteiger partial charge on any atom is 0.255 e. The van der Waals surface area contributed by atoms with Crippen LogP contribution in [0.2, 0.25) is 0 Å². The van der Waals surface area contributed by atoms with Crippen LogP contribution in [0.3, 0.4) is 0 Å². The molecule has 0 saturated carbocycles. The van der Waals surface area contributed by atoms with Gasteiger partial charge in [0.25, 0.3) is 5.91 Å². The minimum absolute atomic E-state index is 0.124. The van der Waals surface area contributed by atoms with Crippen molar-refractivity contribution in [3.05, 3.63) is 78.4 Å². The lowest BCUT2D eigenvalue weighted by molar-refractivity contribution is 0.102. The smallest absolute Gasteiger partial charge is 0.255 e. The normalized spacial score (nSPS) is 15.8. The van der Waals surface area contributed by atoms with Crippen LogP contribution < -0.4 is 15.0 Å². The Labute approximate surface area is 177 Å². The molecule has 1 aliphatic heterocycles. The van der Waals surface area contributed by atoms with Gasteiger partial charge < -0.3 is 19.7 Å². The van der Waals surface area contributed by atoms with Crippen LogP contribution in [0.5, 0.6) is 5.75 Å². The van der Waals surface area contributed by atoms with Gasteiger partial charge in [-0.25, -0.2) is 0 Å². The van der Waals surface area contributed by atoms with Gasteiger partial charge in [-0.2, -0.15) is 0 Å². The molecule has 1 atom stereocenters. The Kier molecular flexibility index (Phi) is 6.00. The number of methoxy groups -OCH3 is 2. The number of rotatable bonds is 6. The fourth-order valence-corrected chi connectivity index (χ4v) is 3.73. The third-order valence-electron chi connectivity index (χ3n) is 5.52. The number of hydrogen-bond acceptors (Lipinski definition) is 4. The third kappa shape index (κ3) is 4.47. The molecule has 3 aromatic carbocycles. The first kappa shape index (κ1) is 20.0. The number of benzene rings is 3. The van der Waals surface area contributed by atoms with Crippen LogP contribution >= 0.6 is 0 Å². The van der Waals surface area contributed by atoms with Crippen LogP contribution in [0, 0.1) is 0 Å². The molecule has 5 heteroatoms. The minimum atomic E-state index is -0.124. The van der Waals surface area contributed by atoms with Crippen molar-refractivity contribution in [3.8, 4) is 16.9 Å². The van der Waals surface area contributed by atoms with Gasteiger partial charge in [-0.3, -0.25) is 4.79 Å². The average Bonchev–Trinajstić information content (AvgIpc) is 3.29. The Morgan fingerprint density at radius 3 is 2.40 bits per heavy atom. The highest BCUT2D eigenvalue weighted by Gasteiger charge is 2.22. The molecule has 0 aromatic heterocycles. The summed E-state index contributed by atoms with van der Waals surface area (Å²) in [6, 6.07) is 23.4. The third-order valence-corrected chi connectivity index (χ3v) is 5.52. The van der Waals surface area contributed by atoms with E-state index in [2.05, 4.69) is 10.2 Å². The summed E-state index contributed by atoms with van der Waals surface area (Å²) in [6.45, 7) is 1.89. The molecular formula is C25H26N2O3. The van der Waals surface area contributed by atoms with E-state index in [4.69, 9.17) is 9.47 Å². The SMILES string of the molecule is COc1cccc(-c2ccc(C(=O)Nc3ccc(N4CC[C@H](OC)C4)cc3)cc2)c1. The first-order valence-corrected chi connectivity index (χ1v) is 10.1. The maximum absolute atomic E-state index is 12.6. The zero-order chi connectivity index (χ0) is 20.9. The lowest BCUT2D eigenvalue weighted by atomic mass is 10.0. The lowest BCUT2D eigenvalue weighted by Gasteiger charge is -2.18. The van der Waals surface area contributed by atoms with E-state index in [-0.39, 0.29) is 5.91 Å². The molecule has 0 unspecified atom stereocenters. The second-order valence-corrected chi connectivity index (χ2v) is 7.40. The highest BCUT2D eigenvalue weighted by molar-refractivity contribution is 6.04. The topological polar surface area (TPSA) is 50.8 Å². The average molecular weight is 402 g/mol. The largest absolute Gasteiger partial charge is 0.497 e. The van der Waals surface area contributed by atoms with E-state index in [0.717, 1.165) is 47.8 Å². The van der Waals surface area contributed by atoms with Crippen LogP contribution in [0.25, 0.3) is 11.1 Å². The van der Waals surface area contributed by atoms with E-state index in [1.165, 1.54) is 0 Å². The molecule has 0 spiro atoms. The van der Waals surface area contributed by atoms with Gasteiger partial charge in [0, 0.05) is 37.1 Å². The Bertz CT molecular complexity index is 1000. The molecular weight excluding hydrogens is 376 g/mol. The number of nitrogens with zero attached hydrogens (tertiary/aromatic N) is 1. The maximum atomic E-state index is 12.6. The molecule has 0 bridgehead atoms. The van der Waals surface area contributed by atoms with Crippen LogP contribution in [0.4, 0.5) is 11.4 Å². The van der Waals surface area contributed by atoms with E-state index in [9.17, 15) is 4.79 Å². The lowest BCUT2D eigenvalue weighted by Crippen LogP contribution is -2.22. The van der Waals surface area contributed by atoms with Gasteiger partial charge >= 0.3 is 0 Å². The minimum Gasteiger partial charge on any atom is -0.497 e. The van der Waals surface area contributed by atoms with Crippen LogP contribution in [0.1, 0.15) is 16.8 Å². The molecule has 5 nitrogen and oxygen atoms in total. The molecule has 1 fully saturated rings. The molecule has 3 aromatic rings. The highest BCUT2D eigenvalue weighted by atomic mass is 16.5. The quantitative estimate of drug-likeness (QED) is 0.641. The summed E-state index contributed by atoms with van der Waals surface area (Å²) in [5.74, 6) is 0.685. The van der Waals surface area contributed by atoms with E-state index in [1.54, 1.807) is 14.2 Å². The summed E-state index contributed by atoms with van der Waals surface area (Å²) >= 11 is 0. The zero-order valence-electron chi connectivity index (χ0n) is 17.3. The number of carbonyl (C=O) groups is 1. The fraction of sp³-hybridized carbons (Fsp3) is 0.240. The molecule has 1 amide bonds. The Morgan fingerprint density at radius 1 is 0.967 bits per heavy atom. The van der Waals surface area contributed by atoms with Crippen molar-refractivity contribution in [1.82, 2.24) is 0 Å². The molecule has 0 aliphatic carbocycles. The van der Waals surface area contributed by atoms with Gasteiger partial charge in [0.05, 0.1) is 13.2 Å². The monoisotopic (exact) mass is 402 g/mol. The summed E-state index contributed by atoms with van der Waals surface area (Å²) in [4.78, 5) is 14.9. The van der Waals surface area contributed by atoms with E-state index in [1.807, 2.05) is 72.8 Å². The number of ether oxygens (including phenoxy) is 2. The number of amides is 1. The van der Waals surface area contributed by atoms with Crippen molar-refractivity contribution in [2.24, 2.45) is 0 Å². The van der Waals surface area contributed by atoms with Gasteiger partial charge in [0.2, 0.25) is 0 Å². The van der Waals surface area contributed by atoms with Crippen LogP contribution in [0.15, 0.2) is 72.8 Å². The number of anilines is 2. The summed E-state index contributed by atoms with van der Waals surface area (Å²) < 4.78 is 10.7. The van der Waals surface area contributed by atoms with Crippen molar-refractivity contribution in [2.75, 3.05) is 37.5 Å². The van der Waals surface area contributed by atoms with Crippen molar-refractivity contribution in [3.63, 3.8) is 0 Å². The van der Waals surface area contributed by atoms with Crippen molar-refractivity contribution >= 4 is 17.3 Å². The first-order valence-electron chi connectivity index (χ1n) is 10.1. The predicted octanol–water partition coefficient (Wildman–Crippen LogP) is 4.84. The number of nitrogens with one attached hydrogen (secondary N) is 1. The number of carbonyl (C=O) groups excluding carboxylic acids is 1. The molecule has 1 saturated heterocycles. The number of hydrogen-bond donors (Lipinski definition) is 1. The van der Waals surface area contributed by atoms with Crippen molar-refractivity contribution < 1.29 is 14.3 Å². The summed E-state index contributed by atoms with van der Waals surface area (Å²) in [5.41, 5.74) is 4.64. The second-order valence-electron chi connectivity index (χ2n) is 7.40. The molecule has 154 valence electrons. The standard InChI is InChI=1S/C25H26N2O3/c1-29-23-5-3-4-20(16-23)18-6-8-19(9-7-18)25(28)26-21-10-12-22(13-11-21)27-15-14-24(17-27)30-2/h3-13,16,24H,14-15,17H2,1-2H3,(H,26,28)/t24-/m0/s1. The van der Waals surface area contributed by atoms with Crippen LogP contribution in [-0.4, -0.2) is 39.3 Å². The van der Waals surface area contributed by atoms with Crippen molar-refractivity contribution in [2.45, 2.75) is 12.5 Å². The Balaban J connectivity index is 1.40. The van der Waals surface area contributed by atoms with E-state index in [0.29, 0.717) is 11.7 Å². The first-order chi connectivity index (χ1) is 14.7. The summed E-state index contributed by atoms with van der Waals surface area (Å²) in [6.07, 6.45) is 1.34.